The Morgan fingerprint density at radius 3 is 2.29 bits per heavy atom. The standard InChI is InChI=1S/C29H25N5O4/c35-26(19-22-9-3-1-4-10-22)20-25-15-14-24(32-33-25)13-7-8-17-34-18-16-27(30-28(34)36)31-29(37)38-21-23-11-5-2-6-12-23/h1-6,9-12,14-16,18H,8,17,19-21H2,(H,30,31,36,37). The Morgan fingerprint density at radius 2 is 1.61 bits per heavy atom. The maximum atomic E-state index is 12.3. The molecule has 1 amide bonds. The molecule has 0 bridgehead atoms. The molecule has 0 saturated carbocycles. The van der Waals surface area contributed by atoms with Crippen LogP contribution in [-0.2, 0) is 35.5 Å². The summed E-state index contributed by atoms with van der Waals surface area (Å²) in [4.78, 5) is 40.3. The third-order valence-electron chi connectivity index (χ3n) is 5.35. The molecule has 2 aromatic carbocycles. The number of nitrogens with zero attached hydrogens (tertiary/aromatic N) is 4. The summed E-state index contributed by atoms with van der Waals surface area (Å²) in [6.07, 6.45) is 1.78. The highest BCUT2D eigenvalue weighted by Gasteiger charge is 2.08. The van der Waals surface area contributed by atoms with Crippen LogP contribution < -0.4 is 11.0 Å². The number of anilines is 1. The van der Waals surface area contributed by atoms with Crippen LogP contribution in [-0.4, -0.2) is 31.6 Å². The quantitative estimate of drug-likeness (QED) is 0.344. The molecule has 1 N–H and O–H groups in total. The largest absolute Gasteiger partial charge is 0.444 e. The number of Topliss-reactive ketones (excluding diaryl/α,β-unsaturated/α-hetero) is 1. The Bertz CT molecular complexity index is 1490. The van der Waals surface area contributed by atoms with Crippen molar-refractivity contribution >= 4 is 17.7 Å². The molecule has 9 nitrogen and oxygen atoms in total. The fraction of sp³-hybridized carbons (Fsp3) is 0.172. The van der Waals surface area contributed by atoms with Crippen LogP contribution in [0.5, 0.6) is 0 Å². The molecule has 4 aromatic rings. The Balaban J connectivity index is 1.22. The number of hydrogen-bond donors (Lipinski definition) is 1. The van der Waals surface area contributed by atoms with E-state index in [1.165, 1.54) is 16.8 Å². The molecule has 9 heteroatoms. The summed E-state index contributed by atoms with van der Waals surface area (Å²) in [6, 6.07) is 23.8. The lowest BCUT2D eigenvalue weighted by molar-refractivity contribution is -0.117. The maximum absolute atomic E-state index is 12.3. The Morgan fingerprint density at radius 1 is 0.868 bits per heavy atom. The van der Waals surface area contributed by atoms with Gasteiger partial charge in [-0.05, 0) is 35.2 Å². The van der Waals surface area contributed by atoms with E-state index in [0.717, 1.165) is 11.1 Å². The van der Waals surface area contributed by atoms with E-state index < -0.39 is 11.8 Å². The number of carbonyl (C=O) groups excluding carboxylic acids is 2. The first kappa shape index (κ1) is 26.0. The van der Waals surface area contributed by atoms with Crippen molar-refractivity contribution in [2.45, 2.75) is 32.4 Å². The summed E-state index contributed by atoms with van der Waals surface area (Å²) < 4.78 is 6.52. The molecule has 0 saturated heterocycles. The minimum atomic E-state index is -0.697. The zero-order valence-electron chi connectivity index (χ0n) is 20.5. The molecule has 2 aromatic heterocycles. The second-order valence-corrected chi connectivity index (χ2v) is 8.31. The minimum Gasteiger partial charge on any atom is -0.444 e. The van der Waals surface area contributed by atoms with E-state index in [4.69, 9.17) is 4.74 Å². The minimum absolute atomic E-state index is 0.0636. The van der Waals surface area contributed by atoms with Gasteiger partial charge in [-0.3, -0.25) is 14.7 Å². The van der Waals surface area contributed by atoms with Gasteiger partial charge in [0.05, 0.1) is 12.1 Å². The molecule has 0 radical (unpaired) electrons. The number of hydrogen-bond acceptors (Lipinski definition) is 7. The number of rotatable bonds is 9. The number of amides is 1. The van der Waals surface area contributed by atoms with Gasteiger partial charge in [0.25, 0.3) is 0 Å². The Labute approximate surface area is 219 Å². The SMILES string of the molecule is O=C(Cc1ccccc1)Cc1ccc(C#CCCn2ccc(NC(=O)OCc3ccccc3)nc2=O)nn1. The number of benzene rings is 2. The molecule has 2 heterocycles. The number of ether oxygens (including phenoxy) is 1. The van der Waals surface area contributed by atoms with Crippen molar-refractivity contribution in [3.05, 3.63) is 118 Å². The zero-order valence-corrected chi connectivity index (χ0v) is 20.5. The fourth-order valence-corrected chi connectivity index (χ4v) is 3.47. The normalized spacial score (nSPS) is 10.2. The summed E-state index contributed by atoms with van der Waals surface area (Å²) in [5.74, 6) is 6.02. The van der Waals surface area contributed by atoms with Crippen LogP contribution in [0.1, 0.15) is 28.9 Å². The highest BCUT2D eigenvalue weighted by atomic mass is 16.5. The molecule has 0 aliphatic rings. The topological polar surface area (TPSA) is 116 Å². The van der Waals surface area contributed by atoms with E-state index in [0.29, 0.717) is 30.8 Å². The van der Waals surface area contributed by atoms with Crippen LogP contribution >= 0.6 is 0 Å². The van der Waals surface area contributed by atoms with Crippen LogP contribution in [0.4, 0.5) is 10.6 Å². The van der Waals surface area contributed by atoms with Gasteiger partial charge in [0.1, 0.15) is 23.9 Å². The van der Waals surface area contributed by atoms with Crippen molar-refractivity contribution in [2.75, 3.05) is 5.32 Å². The summed E-state index contributed by atoms with van der Waals surface area (Å²) in [6.45, 7) is 0.430. The van der Waals surface area contributed by atoms with Gasteiger partial charge >= 0.3 is 11.8 Å². The molecule has 0 aliphatic carbocycles. The van der Waals surface area contributed by atoms with E-state index in [2.05, 4.69) is 32.3 Å². The van der Waals surface area contributed by atoms with Crippen LogP contribution in [0.2, 0.25) is 0 Å². The monoisotopic (exact) mass is 507 g/mol. The first-order valence-electron chi connectivity index (χ1n) is 12.0. The van der Waals surface area contributed by atoms with Gasteiger partial charge in [-0.15, -0.1) is 5.10 Å². The van der Waals surface area contributed by atoms with E-state index in [9.17, 15) is 14.4 Å². The molecule has 0 atom stereocenters. The number of ketones is 1. The lowest BCUT2D eigenvalue weighted by Crippen LogP contribution is -2.25. The van der Waals surface area contributed by atoms with Gasteiger partial charge in [0.15, 0.2) is 0 Å². The molecule has 0 spiro atoms. The molecule has 0 fully saturated rings. The number of nitrogens with one attached hydrogen (secondary N) is 1. The lowest BCUT2D eigenvalue weighted by Gasteiger charge is -2.07. The second kappa shape index (κ2) is 13.3. The first-order chi connectivity index (χ1) is 18.5. The van der Waals surface area contributed by atoms with E-state index in [1.54, 1.807) is 12.1 Å². The summed E-state index contributed by atoms with van der Waals surface area (Å²) in [5, 5.41) is 10.6. The number of aromatic nitrogens is 4. The van der Waals surface area contributed by atoms with E-state index in [-0.39, 0.29) is 24.6 Å². The number of aryl methyl sites for hydroxylation is 1. The summed E-state index contributed by atoms with van der Waals surface area (Å²) in [5.41, 5.74) is 2.37. The average molecular weight is 508 g/mol. The van der Waals surface area contributed by atoms with Crippen molar-refractivity contribution in [3.8, 4) is 11.8 Å². The van der Waals surface area contributed by atoms with Gasteiger partial charge in [0.2, 0.25) is 0 Å². The zero-order chi connectivity index (χ0) is 26.6. The van der Waals surface area contributed by atoms with Gasteiger partial charge in [-0.1, -0.05) is 66.6 Å². The molecular weight excluding hydrogens is 482 g/mol. The van der Waals surface area contributed by atoms with Gasteiger partial charge in [-0.2, -0.15) is 10.1 Å². The Hall–Kier alpha value is -5.10. The van der Waals surface area contributed by atoms with Crippen LogP contribution in [0.15, 0.2) is 89.9 Å². The molecule has 4 rings (SSSR count). The van der Waals surface area contributed by atoms with Crippen molar-refractivity contribution < 1.29 is 14.3 Å². The van der Waals surface area contributed by atoms with E-state index >= 15 is 0 Å². The molecule has 190 valence electrons. The van der Waals surface area contributed by atoms with Gasteiger partial charge < -0.3 is 4.74 Å². The lowest BCUT2D eigenvalue weighted by atomic mass is 10.1. The third-order valence-corrected chi connectivity index (χ3v) is 5.35. The molecule has 0 aliphatic heterocycles. The van der Waals surface area contributed by atoms with Crippen molar-refractivity contribution in [1.82, 2.24) is 19.7 Å². The van der Waals surface area contributed by atoms with Crippen LogP contribution in [0.3, 0.4) is 0 Å². The van der Waals surface area contributed by atoms with Gasteiger partial charge in [-0.25, -0.2) is 9.59 Å². The second-order valence-electron chi connectivity index (χ2n) is 8.31. The maximum Gasteiger partial charge on any atom is 0.413 e. The molecule has 38 heavy (non-hydrogen) atoms. The predicted molar refractivity (Wildman–Crippen MR) is 141 cm³/mol. The molecule has 0 unspecified atom stereocenters. The van der Waals surface area contributed by atoms with Crippen LogP contribution in [0.25, 0.3) is 0 Å². The number of carbonyl (C=O) groups is 2. The Kier molecular flexibility index (Phi) is 9.07. The highest BCUT2D eigenvalue weighted by molar-refractivity contribution is 5.83. The first-order valence-corrected chi connectivity index (χ1v) is 12.0. The van der Waals surface area contributed by atoms with Crippen molar-refractivity contribution in [3.63, 3.8) is 0 Å². The van der Waals surface area contributed by atoms with Crippen molar-refractivity contribution in [1.29, 1.82) is 0 Å². The van der Waals surface area contributed by atoms with Gasteiger partial charge in [0, 0.05) is 25.6 Å². The predicted octanol–water partition coefficient (Wildman–Crippen LogP) is 3.58. The smallest absolute Gasteiger partial charge is 0.413 e. The fourth-order valence-electron chi connectivity index (χ4n) is 3.47. The highest BCUT2D eigenvalue weighted by Crippen LogP contribution is 2.05. The summed E-state index contributed by atoms with van der Waals surface area (Å²) in [7, 11) is 0. The molecular formula is C29H25N5O4. The summed E-state index contributed by atoms with van der Waals surface area (Å²) >= 11 is 0. The third kappa shape index (κ3) is 8.24. The van der Waals surface area contributed by atoms with E-state index in [1.807, 2.05) is 60.7 Å². The van der Waals surface area contributed by atoms with Crippen molar-refractivity contribution in [2.24, 2.45) is 0 Å². The average Bonchev–Trinajstić information content (AvgIpc) is 2.93. The van der Waals surface area contributed by atoms with Crippen LogP contribution in [0, 0.1) is 11.8 Å².